The van der Waals surface area contributed by atoms with Gasteiger partial charge >= 0.3 is 0 Å². The first-order chi connectivity index (χ1) is 4.81. The molecule has 1 saturated heterocycles. The molecule has 1 saturated carbocycles. The van der Waals surface area contributed by atoms with Crippen molar-refractivity contribution < 1.29 is 0 Å². The van der Waals surface area contributed by atoms with Crippen LogP contribution in [-0.4, -0.2) is 22.4 Å². The van der Waals surface area contributed by atoms with Gasteiger partial charge in [-0.2, -0.15) is 0 Å². The van der Waals surface area contributed by atoms with E-state index >= 15 is 0 Å². The average Bonchev–Trinajstić information content (AvgIpc) is 2.72. The molecule has 0 bridgehead atoms. The molecular formula is C8H14BrN. The van der Waals surface area contributed by atoms with Gasteiger partial charge in [-0.15, -0.1) is 0 Å². The summed E-state index contributed by atoms with van der Waals surface area (Å²) < 4.78 is 0.466. The smallest absolute Gasteiger partial charge is 0.0769 e. The van der Waals surface area contributed by atoms with Crippen LogP contribution < -0.4 is 0 Å². The highest BCUT2D eigenvalue weighted by atomic mass is 79.9. The molecule has 0 radical (unpaired) electrons. The van der Waals surface area contributed by atoms with Crippen LogP contribution in [-0.2, 0) is 0 Å². The minimum atomic E-state index is 0.466. The van der Waals surface area contributed by atoms with Crippen LogP contribution in [0.4, 0.5) is 0 Å². The topological polar surface area (TPSA) is 3.24 Å². The molecule has 2 rings (SSSR count). The maximum absolute atomic E-state index is 3.78. The maximum Gasteiger partial charge on any atom is 0.0769 e. The molecule has 1 heterocycles. The Morgan fingerprint density at radius 1 is 1.00 bits per heavy atom. The summed E-state index contributed by atoms with van der Waals surface area (Å²) >= 11 is 3.78. The van der Waals surface area contributed by atoms with Crippen molar-refractivity contribution in [2.75, 3.05) is 13.1 Å². The first kappa shape index (κ1) is 7.11. The summed E-state index contributed by atoms with van der Waals surface area (Å²) in [7, 11) is 0. The third-order valence-electron chi connectivity index (χ3n) is 2.59. The quantitative estimate of drug-likeness (QED) is 0.468. The summed E-state index contributed by atoms with van der Waals surface area (Å²) in [4.78, 5) is 2.61. The van der Waals surface area contributed by atoms with Crippen molar-refractivity contribution in [1.29, 1.82) is 0 Å². The first-order valence-electron chi connectivity index (χ1n) is 4.25. The Morgan fingerprint density at radius 2 is 1.60 bits per heavy atom. The molecule has 2 fully saturated rings. The van der Waals surface area contributed by atoms with Gasteiger partial charge in [-0.25, -0.2) is 0 Å². The van der Waals surface area contributed by atoms with E-state index in [2.05, 4.69) is 20.8 Å². The lowest BCUT2D eigenvalue weighted by Gasteiger charge is -2.31. The fraction of sp³-hybridized carbons (Fsp3) is 1.00. The fourth-order valence-electron chi connectivity index (χ4n) is 1.71. The summed E-state index contributed by atoms with van der Waals surface area (Å²) in [6, 6.07) is 0. The van der Waals surface area contributed by atoms with E-state index in [0.29, 0.717) is 4.45 Å². The molecule has 0 aromatic heterocycles. The molecule has 0 amide bonds. The number of alkyl halides is 1. The minimum Gasteiger partial charge on any atom is -0.288 e. The second kappa shape index (κ2) is 2.49. The summed E-state index contributed by atoms with van der Waals surface area (Å²) in [6.07, 6.45) is 7.00. The normalized spacial score (nSPS) is 32.1. The van der Waals surface area contributed by atoms with Gasteiger partial charge in [0.1, 0.15) is 0 Å². The zero-order chi connectivity index (χ0) is 7.03. The molecule has 58 valence electrons. The van der Waals surface area contributed by atoms with Gasteiger partial charge in [0.2, 0.25) is 0 Å². The second-order valence-corrected chi connectivity index (χ2v) is 4.94. The molecule has 1 aliphatic heterocycles. The summed E-state index contributed by atoms with van der Waals surface area (Å²) in [5, 5.41) is 0. The largest absolute Gasteiger partial charge is 0.288 e. The van der Waals surface area contributed by atoms with Crippen LogP contribution in [0.5, 0.6) is 0 Å². The average molecular weight is 204 g/mol. The van der Waals surface area contributed by atoms with E-state index in [9.17, 15) is 0 Å². The van der Waals surface area contributed by atoms with Crippen LogP contribution in [0.25, 0.3) is 0 Å². The molecule has 2 aliphatic rings. The Balaban J connectivity index is 1.91. The zero-order valence-electron chi connectivity index (χ0n) is 6.27. The fourth-order valence-corrected chi connectivity index (χ4v) is 2.27. The second-order valence-electron chi connectivity index (χ2n) is 3.47. The standard InChI is InChI=1S/C8H14BrN/c9-8(4-5-8)10-6-2-1-3-7-10/h1-7H2. The lowest BCUT2D eigenvalue weighted by molar-refractivity contribution is 0.205. The van der Waals surface area contributed by atoms with Gasteiger partial charge in [0.25, 0.3) is 0 Å². The Morgan fingerprint density at radius 3 is 2.10 bits per heavy atom. The monoisotopic (exact) mass is 203 g/mol. The summed E-state index contributed by atoms with van der Waals surface area (Å²) in [6.45, 7) is 2.65. The first-order valence-corrected chi connectivity index (χ1v) is 5.05. The third kappa shape index (κ3) is 1.24. The highest BCUT2D eigenvalue weighted by Gasteiger charge is 2.45. The van der Waals surface area contributed by atoms with E-state index in [1.54, 1.807) is 0 Å². The third-order valence-corrected chi connectivity index (χ3v) is 3.88. The Labute approximate surface area is 70.9 Å². The van der Waals surface area contributed by atoms with Gasteiger partial charge in [-0.05, 0) is 38.8 Å². The summed E-state index contributed by atoms with van der Waals surface area (Å²) in [5.41, 5.74) is 0. The molecule has 0 atom stereocenters. The number of rotatable bonds is 1. The van der Waals surface area contributed by atoms with Gasteiger partial charge < -0.3 is 0 Å². The molecular weight excluding hydrogens is 190 g/mol. The van der Waals surface area contributed by atoms with Crippen LogP contribution >= 0.6 is 15.9 Å². The van der Waals surface area contributed by atoms with E-state index in [0.717, 1.165) is 0 Å². The van der Waals surface area contributed by atoms with Crippen LogP contribution in [0, 0.1) is 0 Å². The number of piperidine rings is 1. The van der Waals surface area contributed by atoms with Crippen molar-refractivity contribution in [2.24, 2.45) is 0 Å². The van der Waals surface area contributed by atoms with Crippen LogP contribution in [0.2, 0.25) is 0 Å². The lowest BCUT2D eigenvalue weighted by atomic mass is 10.1. The highest BCUT2D eigenvalue weighted by Crippen LogP contribution is 2.48. The van der Waals surface area contributed by atoms with Crippen LogP contribution in [0.3, 0.4) is 0 Å². The van der Waals surface area contributed by atoms with Crippen molar-refractivity contribution in [2.45, 2.75) is 36.6 Å². The van der Waals surface area contributed by atoms with E-state index in [-0.39, 0.29) is 0 Å². The molecule has 1 aliphatic carbocycles. The zero-order valence-corrected chi connectivity index (χ0v) is 7.86. The maximum atomic E-state index is 3.78. The molecule has 0 N–H and O–H groups in total. The van der Waals surface area contributed by atoms with Gasteiger partial charge in [-0.3, -0.25) is 4.90 Å². The van der Waals surface area contributed by atoms with E-state index in [1.165, 1.54) is 45.2 Å². The highest BCUT2D eigenvalue weighted by molar-refractivity contribution is 9.10. The number of hydrogen-bond acceptors (Lipinski definition) is 1. The SMILES string of the molecule is BrC1(N2CCCCC2)CC1. The van der Waals surface area contributed by atoms with Crippen molar-refractivity contribution >= 4 is 15.9 Å². The molecule has 0 aromatic carbocycles. The molecule has 10 heavy (non-hydrogen) atoms. The van der Waals surface area contributed by atoms with E-state index in [1.807, 2.05) is 0 Å². The van der Waals surface area contributed by atoms with E-state index in [4.69, 9.17) is 0 Å². The Hall–Kier alpha value is 0.440. The predicted molar refractivity (Wildman–Crippen MR) is 46.3 cm³/mol. The molecule has 0 aromatic rings. The van der Waals surface area contributed by atoms with E-state index < -0.39 is 0 Å². The number of nitrogens with zero attached hydrogens (tertiary/aromatic N) is 1. The number of likely N-dealkylation sites (tertiary alicyclic amines) is 1. The predicted octanol–water partition coefficient (Wildman–Crippen LogP) is 2.36. The molecule has 1 nitrogen and oxygen atoms in total. The van der Waals surface area contributed by atoms with Crippen molar-refractivity contribution in [3.63, 3.8) is 0 Å². The van der Waals surface area contributed by atoms with Gasteiger partial charge in [0.05, 0.1) is 4.45 Å². The molecule has 0 spiro atoms. The van der Waals surface area contributed by atoms with Gasteiger partial charge in [-0.1, -0.05) is 22.4 Å². The van der Waals surface area contributed by atoms with Crippen LogP contribution in [0.1, 0.15) is 32.1 Å². The number of halogens is 1. The summed E-state index contributed by atoms with van der Waals surface area (Å²) in [5.74, 6) is 0. The minimum absolute atomic E-state index is 0.466. The number of hydrogen-bond donors (Lipinski definition) is 0. The van der Waals surface area contributed by atoms with Crippen molar-refractivity contribution in [1.82, 2.24) is 4.90 Å². The van der Waals surface area contributed by atoms with Gasteiger partial charge in [0.15, 0.2) is 0 Å². The van der Waals surface area contributed by atoms with Crippen LogP contribution in [0.15, 0.2) is 0 Å². The Kier molecular flexibility index (Phi) is 1.77. The molecule has 0 unspecified atom stereocenters. The van der Waals surface area contributed by atoms with Gasteiger partial charge in [0, 0.05) is 0 Å². The van der Waals surface area contributed by atoms with Crippen molar-refractivity contribution in [3.8, 4) is 0 Å². The Bertz CT molecular complexity index is 125. The lowest BCUT2D eigenvalue weighted by Crippen LogP contribution is -2.37. The molecule has 2 heteroatoms. The van der Waals surface area contributed by atoms with Crippen molar-refractivity contribution in [3.05, 3.63) is 0 Å².